The van der Waals surface area contributed by atoms with Gasteiger partial charge in [0.1, 0.15) is 4.90 Å². The van der Waals surface area contributed by atoms with Crippen LogP contribution in [0.25, 0.3) is 0 Å². The summed E-state index contributed by atoms with van der Waals surface area (Å²) in [4.78, 5) is 4.01. The Kier molecular flexibility index (Phi) is 4.40. The smallest absolute Gasteiger partial charge is 0.244 e. The first-order valence-corrected chi connectivity index (χ1v) is 6.49. The van der Waals surface area contributed by atoms with E-state index in [-0.39, 0.29) is 10.8 Å². The van der Waals surface area contributed by atoms with E-state index in [0.29, 0.717) is 13.1 Å². The van der Waals surface area contributed by atoms with E-state index in [1.165, 1.54) is 16.6 Å². The molecule has 0 aliphatic carbocycles. The number of rotatable bonds is 5. The molecular weight excluding hydrogens is 226 g/mol. The quantitative estimate of drug-likeness (QED) is 0.807. The maximum Gasteiger partial charge on any atom is 0.244 e. The van der Waals surface area contributed by atoms with Gasteiger partial charge >= 0.3 is 0 Å². The Morgan fingerprint density at radius 2 is 2.25 bits per heavy atom. The Morgan fingerprint density at radius 3 is 2.75 bits per heavy atom. The minimum Gasteiger partial charge on any atom is -0.330 e. The fourth-order valence-corrected chi connectivity index (χ4v) is 2.55. The third-order valence-corrected chi connectivity index (χ3v) is 4.12. The number of pyridine rings is 1. The van der Waals surface area contributed by atoms with Crippen molar-refractivity contribution in [3.63, 3.8) is 0 Å². The van der Waals surface area contributed by atoms with Crippen molar-refractivity contribution in [1.29, 1.82) is 0 Å². The highest BCUT2D eigenvalue weighted by Gasteiger charge is 2.21. The van der Waals surface area contributed by atoms with Crippen molar-refractivity contribution < 1.29 is 8.42 Å². The highest BCUT2D eigenvalue weighted by atomic mass is 32.2. The molecule has 90 valence electrons. The largest absolute Gasteiger partial charge is 0.330 e. The van der Waals surface area contributed by atoms with Gasteiger partial charge in [0.25, 0.3) is 0 Å². The fraction of sp³-hybridized carbons (Fsp3) is 0.500. The van der Waals surface area contributed by atoms with Crippen LogP contribution < -0.4 is 5.73 Å². The van der Waals surface area contributed by atoms with Gasteiger partial charge in [0.05, 0.1) is 0 Å². The maximum atomic E-state index is 12.0. The summed E-state index contributed by atoms with van der Waals surface area (Å²) in [7, 11) is -1.88. The molecule has 16 heavy (non-hydrogen) atoms. The van der Waals surface area contributed by atoms with E-state index < -0.39 is 10.0 Å². The molecule has 0 radical (unpaired) electrons. The van der Waals surface area contributed by atoms with Crippen LogP contribution in [0.5, 0.6) is 0 Å². The summed E-state index contributed by atoms with van der Waals surface area (Å²) in [5.74, 6) is 0.136. The zero-order chi connectivity index (χ0) is 12.2. The van der Waals surface area contributed by atoms with Gasteiger partial charge in [0.15, 0.2) is 0 Å². The molecule has 0 aliphatic heterocycles. The molecule has 0 amide bonds. The first-order valence-electron chi connectivity index (χ1n) is 5.05. The molecule has 0 spiro atoms. The normalized spacial score (nSPS) is 14.0. The molecule has 2 N–H and O–H groups in total. The van der Waals surface area contributed by atoms with E-state index in [0.717, 1.165) is 0 Å². The van der Waals surface area contributed by atoms with Crippen LogP contribution >= 0.6 is 0 Å². The molecule has 1 atom stereocenters. The number of nitrogens with two attached hydrogens (primary N) is 1. The summed E-state index contributed by atoms with van der Waals surface area (Å²) >= 11 is 0. The van der Waals surface area contributed by atoms with Gasteiger partial charge < -0.3 is 5.73 Å². The van der Waals surface area contributed by atoms with Gasteiger partial charge in [-0.25, -0.2) is 12.7 Å². The van der Waals surface area contributed by atoms with Gasteiger partial charge in [-0.1, -0.05) is 6.92 Å². The van der Waals surface area contributed by atoms with Crippen molar-refractivity contribution in [2.24, 2.45) is 11.7 Å². The number of hydrogen-bond donors (Lipinski definition) is 1. The van der Waals surface area contributed by atoms with E-state index in [1.807, 2.05) is 6.92 Å². The van der Waals surface area contributed by atoms with Crippen molar-refractivity contribution in [1.82, 2.24) is 9.29 Å². The topological polar surface area (TPSA) is 76.3 Å². The van der Waals surface area contributed by atoms with E-state index in [9.17, 15) is 8.42 Å². The van der Waals surface area contributed by atoms with Gasteiger partial charge in [-0.05, 0) is 24.6 Å². The molecule has 0 aliphatic rings. The monoisotopic (exact) mass is 243 g/mol. The van der Waals surface area contributed by atoms with Crippen molar-refractivity contribution in [2.75, 3.05) is 20.1 Å². The number of aromatic nitrogens is 1. The summed E-state index contributed by atoms with van der Waals surface area (Å²) in [6, 6.07) is 3.14. The van der Waals surface area contributed by atoms with Crippen molar-refractivity contribution in [3.8, 4) is 0 Å². The van der Waals surface area contributed by atoms with Crippen LogP contribution in [0.3, 0.4) is 0 Å². The molecule has 5 nitrogen and oxygen atoms in total. The summed E-state index contributed by atoms with van der Waals surface area (Å²) in [6.07, 6.45) is 2.89. The molecule has 0 saturated carbocycles. The molecule has 0 saturated heterocycles. The van der Waals surface area contributed by atoms with E-state index in [1.54, 1.807) is 19.3 Å². The van der Waals surface area contributed by atoms with E-state index in [2.05, 4.69) is 4.98 Å². The second kappa shape index (κ2) is 5.38. The first kappa shape index (κ1) is 13.1. The Balaban J connectivity index is 2.87. The van der Waals surface area contributed by atoms with Gasteiger partial charge in [-0.15, -0.1) is 0 Å². The summed E-state index contributed by atoms with van der Waals surface area (Å²) < 4.78 is 25.4. The Bertz CT molecular complexity index is 419. The molecule has 1 rings (SSSR count). The third-order valence-electron chi connectivity index (χ3n) is 2.31. The molecule has 1 aromatic rings. The lowest BCUT2D eigenvalue weighted by atomic mass is 10.2. The minimum atomic E-state index is -3.43. The van der Waals surface area contributed by atoms with Gasteiger partial charge in [-0.2, -0.15) is 0 Å². The van der Waals surface area contributed by atoms with Crippen LogP contribution in [-0.2, 0) is 10.0 Å². The molecule has 1 aromatic heterocycles. The van der Waals surface area contributed by atoms with Crippen LogP contribution in [0, 0.1) is 5.92 Å². The lowest BCUT2D eigenvalue weighted by Gasteiger charge is -2.20. The first-order chi connectivity index (χ1) is 7.48. The number of nitrogens with zero attached hydrogens (tertiary/aromatic N) is 2. The maximum absolute atomic E-state index is 12.0. The Morgan fingerprint density at radius 1 is 1.56 bits per heavy atom. The Hall–Kier alpha value is -0.980. The van der Waals surface area contributed by atoms with Crippen LogP contribution in [0.15, 0.2) is 29.4 Å². The molecule has 1 unspecified atom stereocenters. The highest BCUT2D eigenvalue weighted by Crippen LogP contribution is 2.13. The van der Waals surface area contributed by atoms with Crippen LogP contribution in [0.4, 0.5) is 0 Å². The molecular formula is C10H17N3O2S. The minimum absolute atomic E-state index is 0.136. The summed E-state index contributed by atoms with van der Waals surface area (Å²) in [5.41, 5.74) is 5.47. The van der Waals surface area contributed by atoms with Gasteiger partial charge in [0, 0.05) is 26.0 Å². The summed E-state index contributed by atoms with van der Waals surface area (Å²) in [5, 5.41) is 0. The number of hydrogen-bond acceptors (Lipinski definition) is 4. The predicted octanol–water partition coefficient (Wildman–Crippen LogP) is 0.297. The molecule has 6 heteroatoms. The second-order valence-electron chi connectivity index (χ2n) is 3.82. The van der Waals surface area contributed by atoms with Crippen molar-refractivity contribution in [2.45, 2.75) is 11.8 Å². The van der Waals surface area contributed by atoms with Crippen molar-refractivity contribution >= 4 is 10.0 Å². The number of sulfonamides is 1. The second-order valence-corrected chi connectivity index (χ2v) is 5.86. The average Bonchev–Trinajstić information content (AvgIpc) is 2.29. The Labute approximate surface area is 96.3 Å². The zero-order valence-corrected chi connectivity index (χ0v) is 10.3. The molecule has 0 fully saturated rings. The molecule has 0 aromatic carbocycles. The highest BCUT2D eigenvalue weighted by molar-refractivity contribution is 7.89. The third kappa shape index (κ3) is 3.01. The van der Waals surface area contributed by atoms with E-state index in [4.69, 9.17) is 5.73 Å². The van der Waals surface area contributed by atoms with Gasteiger partial charge in [0.2, 0.25) is 10.0 Å². The van der Waals surface area contributed by atoms with Crippen LogP contribution in [-0.4, -0.2) is 37.8 Å². The summed E-state index contributed by atoms with van der Waals surface area (Å²) in [6.45, 7) is 2.79. The van der Waals surface area contributed by atoms with Gasteiger partial charge in [-0.3, -0.25) is 4.98 Å². The lowest BCUT2D eigenvalue weighted by Crippen LogP contribution is -2.33. The zero-order valence-electron chi connectivity index (χ0n) is 9.50. The predicted molar refractivity (Wildman–Crippen MR) is 62.3 cm³/mol. The fourth-order valence-electron chi connectivity index (χ4n) is 1.29. The average molecular weight is 243 g/mol. The van der Waals surface area contributed by atoms with Crippen LogP contribution in [0.1, 0.15) is 6.92 Å². The molecule has 0 bridgehead atoms. The lowest BCUT2D eigenvalue weighted by molar-refractivity contribution is 0.405. The molecule has 1 heterocycles. The van der Waals surface area contributed by atoms with Crippen molar-refractivity contribution in [3.05, 3.63) is 24.5 Å². The van der Waals surface area contributed by atoms with E-state index >= 15 is 0 Å². The SMILES string of the molecule is CC(CN)CN(C)S(=O)(=O)c1cccnc1. The van der Waals surface area contributed by atoms with Crippen LogP contribution in [0.2, 0.25) is 0 Å². The standard InChI is InChI=1S/C10H17N3O2S/c1-9(6-11)8-13(2)16(14,15)10-4-3-5-12-7-10/h3-5,7,9H,6,8,11H2,1-2H3.